The summed E-state index contributed by atoms with van der Waals surface area (Å²) < 4.78 is 24.7. The summed E-state index contributed by atoms with van der Waals surface area (Å²) in [5.74, 6) is 2.94. The summed E-state index contributed by atoms with van der Waals surface area (Å²) in [6.07, 6.45) is 0.989. The molecule has 190 valence electrons. The number of nitrogens with zero attached hydrogens (tertiary/aromatic N) is 4. The van der Waals surface area contributed by atoms with E-state index < -0.39 is 0 Å². The third-order valence-electron chi connectivity index (χ3n) is 6.46. The Labute approximate surface area is 215 Å². The van der Waals surface area contributed by atoms with Gasteiger partial charge >= 0.3 is 0 Å². The third-order valence-corrected chi connectivity index (χ3v) is 6.46. The zero-order valence-corrected chi connectivity index (χ0v) is 22.0. The van der Waals surface area contributed by atoms with E-state index in [1.54, 1.807) is 20.3 Å². The fourth-order valence-electron chi connectivity index (χ4n) is 4.40. The molecule has 8 heteroatoms. The molecule has 0 aliphatic heterocycles. The first-order valence-corrected chi connectivity index (χ1v) is 12.2. The lowest BCUT2D eigenvalue weighted by Gasteiger charge is -2.08. The maximum absolute atomic E-state index is 6.11. The topological polar surface area (TPSA) is 84.4 Å². The predicted molar refractivity (Wildman–Crippen MR) is 142 cm³/mol. The van der Waals surface area contributed by atoms with Crippen molar-refractivity contribution in [1.29, 1.82) is 0 Å². The monoisotopic (exact) mass is 498 g/mol. The smallest absolute Gasteiger partial charge is 0.230 e. The maximum atomic E-state index is 6.11. The molecule has 3 heterocycles. The van der Waals surface area contributed by atoms with E-state index in [0.29, 0.717) is 34.7 Å². The number of hydrogen-bond acceptors (Lipinski definition) is 7. The van der Waals surface area contributed by atoms with Crippen molar-refractivity contribution in [3.8, 4) is 34.5 Å². The second kappa shape index (κ2) is 9.97. The van der Waals surface area contributed by atoms with Crippen molar-refractivity contribution < 1.29 is 18.6 Å². The molecule has 0 radical (unpaired) electrons. The minimum absolute atomic E-state index is 0.212. The number of pyridine rings is 1. The Morgan fingerprint density at radius 2 is 1.70 bits per heavy atom. The first-order valence-electron chi connectivity index (χ1n) is 12.2. The number of hydrogen-bond donors (Lipinski definition) is 0. The lowest BCUT2D eigenvalue weighted by molar-refractivity contribution is 0.288. The van der Waals surface area contributed by atoms with Crippen molar-refractivity contribution in [3.05, 3.63) is 76.8 Å². The number of oxazole rings is 1. The first-order chi connectivity index (χ1) is 17.9. The van der Waals surface area contributed by atoms with Gasteiger partial charge in [-0.3, -0.25) is 0 Å². The minimum atomic E-state index is 0.212. The Hall–Kier alpha value is -4.33. The summed E-state index contributed by atoms with van der Waals surface area (Å²) in [5, 5.41) is 5.79. The minimum Gasteiger partial charge on any atom is -0.497 e. The highest BCUT2D eigenvalue weighted by atomic mass is 16.5. The number of aromatic nitrogens is 4. The molecule has 0 aliphatic carbocycles. The van der Waals surface area contributed by atoms with Gasteiger partial charge in [0, 0.05) is 17.5 Å². The summed E-state index contributed by atoms with van der Waals surface area (Å²) in [7, 11) is 3.22. The number of fused-ring (bicyclic) bond motifs is 1. The molecule has 0 N–H and O–H groups in total. The van der Waals surface area contributed by atoms with Crippen LogP contribution in [-0.4, -0.2) is 34.0 Å². The van der Waals surface area contributed by atoms with Gasteiger partial charge in [-0.2, -0.15) is 10.1 Å². The lowest BCUT2D eigenvalue weighted by Crippen LogP contribution is -2.02. The molecule has 0 atom stereocenters. The number of aryl methyl sites for hydroxylation is 4. The quantitative estimate of drug-likeness (QED) is 0.253. The Morgan fingerprint density at radius 3 is 2.41 bits per heavy atom. The van der Waals surface area contributed by atoms with Gasteiger partial charge in [-0.15, -0.1) is 0 Å². The Bertz CT molecular complexity index is 1570. The molecule has 0 spiro atoms. The summed E-state index contributed by atoms with van der Waals surface area (Å²) in [6, 6.07) is 15.8. The van der Waals surface area contributed by atoms with Crippen LogP contribution in [0.15, 0.2) is 52.9 Å². The largest absolute Gasteiger partial charge is 0.497 e. The van der Waals surface area contributed by atoms with E-state index in [4.69, 9.17) is 28.7 Å². The molecule has 3 aromatic heterocycles. The molecule has 0 saturated carbocycles. The maximum Gasteiger partial charge on any atom is 0.230 e. The normalized spacial score (nSPS) is 11.2. The zero-order valence-electron chi connectivity index (χ0n) is 22.0. The van der Waals surface area contributed by atoms with Crippen LogP contribution < -0.4 is 14.2 Å². The van der Waals surface area contributed by atoms with E-state index in [0.717, 1.165) is 40.0 Å². The summed E-state index contributed by atoms with van der Waals surface area (Å²) in [4.78, 5) is 9.49. The average molecular weight is 499 g/mol. The molecular formula is C29H30N4O4. The molecular weight excluding hydrogens is 468 g/mol. The number of ether oxygens (including phenoxy) is 3. The molecule has 0 unspecified atom stereocenters. The molecule has 5 aromatic rings. The summed E-state index contributed by atoms with van der Waals surface area (Å²) in [5.41, 5.74) is 6.40. The van der Waals surface area contributed by atoms with Gasteiger partial charge in [0.1, 0.15) is 29.6 Å². The van der Waals surface area contributed by atoms with Crippen LogP contribution in [-0.2, 0) is 13.0 Å². The number of rotatable bonds is 8. The molecule has 5 rings (SSSR count). The summed E-state index contributed by atoms with van der Waals surface area (Å²) >= 11 is 0. The molecule has 0 bridgehead atoms. The highest BCUT2D eigenvalue weighted by Crippen LogP contribution is 2.34. The molecule has 0 amide bonds. The average Bonchev–Trinajstić information content (AvgIpc) is 3.46. The standard InChI is InChI=1S/C29H30N4O4/c1-7-20-8-10-21(11-9-20)33-28-27(18(3)32-33)17(2)14-26(31-28)36-16-24-19(4)37-29(30-24)23-13-12-22(34-5)15-25(23)35-6/h8-15H,7,16H2,1-6H3. The van der Waals surface area contributed by atoms with Gasteiger partial charge in [0.25, 0.3) is 0 Å². The van der Waals surface area contributed by atoms with E-state index in [1.807, 2.05) is 43.7 Å². The number of methoxy groups -OCH3 is 2. The fourth-order valence-corrected chi connectivity index (χ4v) is 4.40. The van der Waals surface area contributed by atoms with Crippen molar-refractivity contribution in [1.82, 2.24) is 19.7 Å². The van der Waals surface area contributed by atoms with Gasteiger partial charge in [0.05, 0.1) is 31.2 Å². The SMILES string of the molecule is CCc1ccc(-n2nc(C)c3c(C)cc(OCc4nc(-c5ccc(OC)cc5OC)oc4C)nc32)cc1. The fraction of sp³-hybridized carbons (Fsp3) is 0.276. The highest BCUT2D eigenvalue weighted by molar-refractivity contribution is 5.84. The second-order valence-corrected chi connectivity index (χ2v) is 8.87. The van der Waals surface area contributed by atoms with Crippen LogP contribution in [0.3, 0.4) is 0 Å². The van der Waals surface area contributed by atoms with Crippen LogP contribution in [0.1, 0.15) is 35.2 Å². The van der Waals surface area contributed by atoms with E-state index in [-0.39, 0.29) is 6.61 Å². The van der Waals surface area contributed by atoms with Gasteiger partial charge in [-0.1, -0.05) is 19.1 Å². The molecule has 0 fully saturated rings. The summed E-state index contributed by atoms with van der Waals surface area (Å²) in [6.45, 7) is 8.27. The third kappa shape index (κ3) is 4.62. The van der Waals surface area contributed by atoms with Gasteiger partial charge < -0.3 is 18.6 Å². The van der Waals surface area contributed by atoms with Crippen LogP contribution in [0.2, 0.25) is 0 Å². The highest BCUT2D eigenvalue weighted by Gasteiger charge is 2.18. The zero-order chi connectivity index (χ0) is 26.1. The van der Waals surface area contributed by atoms with Crippen LogP contribution in [0, 0.1) is 20.8 Å². The van der Waals surface area contributed by atoms with Gasteiger partial charge in [0.15, 0.2) is 5.65 Å². The first kappa shape index (κ1) is 24.4. The van der Waals surface area contributed by atoms with E-state index in [2.05, 4.69) is 36.2 Å². The Kier molecular flexibility index (Phi) is 6.56. The Balaban J connectivity index is 1.43. The van der Waals surface area contributed by atoms with Crippen molar-refractivity contribution in [2.45, 2.75) is 40.7 Å². The molecule has 0 saturated heterocycles. The number of benzene rings is 2. The van der Waals surface area contributed by atoms with E-state index in [1.165, 1.54) is 5.56 Å². The van der Waals surface area contributed by atoms with Gasteiger partial charge in [-0.25, -0.2) is 9.67 Å². The van der Waals surface area contributed by atoms with Crippen molar-refractivity contribution >= 4 is 11.0 Å². The van der Waals surface area contributed by atoms with Crippen LogP contribution >= 0.6 is 0 Å². The second-order valence-electron chi connectivity index (χ2n) is 8.87. The van der Waals surface area contributed by atoms with Crippen molar-refractivity contribution in [2.24, 2.45) is 0 Å². The Morgan fingerprint density at radius 1 is 0.919 bits per heavy atom. The predicted octanol–water partition coefficient (Wildman–Crippen LogP) is 6.16. The van der Waals surface area contributed by atoms with Crippen LogP contribution in [0.5, 0.6) is 17.4 Å². The van der Waals surface area contributed by atoms with Crippen LogP contribution in [0.4, 0.5) is 0 Å². The lowest BCUT2D eigenvalue weighted by atomic mass is 10.1. The van der Waals surface area contributed by atoms with Gasteiger partial charge in [-0.05, 0) is 62.6 Å². The molecule has 8 nitrogen and oxygen atoms in total. The van der Waals surface area contributed by atoms with Gasteiger partial charge in [0.2, 0.25) is 11.8 Å². The van der Waals surface area contributed by atoms with Crippen molar-refractivity contribution in [2.75, 3.05) is 14.2 Å². The van der Waals surface area contributed by atoms with Crippen molar-refractivity contribution in [3.63, 3.8) is 0 Å². The molecule has 37 heavy (non-hydrogen) atoms. The van der Waals surface area contributed by atoms with Crippen LogP contribution in [0.25, 0.3) is 28.2 Å². The van der Waals surface area contributed by atoms with E-state index >= 15 is 0 Å². The van der Waals surface area contributed by atoms with E-state index in [9.17, 15) is 0 Å². The molecule has 0 aliphatic rings. The molecule has 2 aromatic carbocycles.